The Kier molecular flexibility index (Phi) is 6.11. The van der Waals surface area contributed by atoms with Gasteiger partial charge < -0.3 is 9.80 Å². The number of piperazine rings is 1. The van der Waals surface area contributed by atoms with Gasteiger partial charge in [0.25, 0.3) is 0 Å². The van der Waals surface area contributed by atoms with E-state index < -0.39 is 0 Å². The number of piperidine rings is 1. The molecule has 3 rings (SSSR count). The SMILES string of the molecule is CC(C)CCC(=O)N1CCN(C2CCN(c3nccs3)CC2)CC1. The summed E-state index contributed by atoms with van der Waals surface area (Å²) in [6.45, 7) is 10.5. The van der Waals surface area contributed by atoms with Crippen LogP contribution in [0.15, 0.2) is 11.6 Å². The smallest absolute Gasteiger partial charge is 0.222 e. The lowest BCUT2D eigenvalue weighted by molar-refractivity contribution is -0.133. The summed E-state index contributed by atoms with van der Waals surface area (Å²) in [5.74, 6) is 0.959. The molecule has 2 fully saturated rings. The van der Waals surface area contributed by atoms with Crippen molar-refractivity contribution in [2.75, 3.05) is 44.2 Å². The number of carbonyl (C=O) groups excluding carboxylic acids is 1. The van der Waals surface area contributed by atoms with Crippen LogP contribution in [0.5, 0.6) is 0 Å². The molecule has 0 N–H and O–H groups in total. The van der Waals surface area contributed by atoms with Crippen molar-refractivity contribution in [1.29, 1.82) is 0 Å². The molecule has 0 radical (unpaired) electrons. The van der Waals surface area contributed by atoms with E-state index in [4.69, 9.17) is 0 Å². The number of aromatic nitrogens is 1. The fourth-order valence-electron chi connectivity index (χ4n) is 3.70. The molecule has 5 nitrogen and oxygen atoms in total. The van der Waals surface area contributed by atoms with Crippen molar-refractivity contribution in [1.82, 2.24) is 14.8 Å². The van der Waals surface area contributed by atoms with E-state index in [-0.39, 0.29) is 0 Å². The third kappa shape index (κ3) is 4.48. The quantitative estimate of drug-likeness (QED) is 0.819. The van der Waals surface area contributed by atoms with Crippen molar-refractivity contribution in [3.8, 4) is 0 Å². The number of carbonyl (C=O) groups is 1. The zero-order chi connectivity index (χ0) is 16.9. The normalized spacial score (nSPS) is 20.8. The average Bonchev–Trinajstić information content (AvgIpc) is 3.14. The zero-order valence-corrected chi connectivity index (χ0v) is 15.8. The maximum absolute atomic E-state index is 12.3. The monoisotopic (exact) mass is 350 g/mol. The highest BCUT2D eigenvalue weighted by Gasteiger charge is 2.29. The van der Waals surface area contributed by atoms with Crippen molar-refractivity contribution in [3.63, 3.8) is 0 Å². The topological polar surface area (TPSA) is 39.7 Å². The van der Waals surface area contributed by atoms with Crippen LogP contribution >= 0.6 is 11.3 Å². The van der Waals surface area contributed by atoms with Crippen LogP contribution in [0.4, 0.5) is 5.13 Å². The minimum absolute atomic E-state index is 0.349. The third-order valence-electron chi connectivity index (χ3n) is 5.27. The number of anilines is 1. The van der Waals surface area contributed by atoms with Crippen molar-refractivity contribution in [2.45, 2.75) is 45.6 Å². The maximum Gasteiger partial charge on any atom is 0.222 e. The van der Waals surface area contributed by atoms with Gasteiger partial charge in [0.05, 0.1) is 0 Å². The molecule has 6 heteroatoms. The van der Waals surface area contributed by atoms with Crippen LogP contribution in [-0.4, -0.2) is 66.0 Å². The second kappa shape index (κ2) is 8.30. The molecular weight excluding hydrogens is 320 g/mol. The van der Waals surface area contributed by atoms with E-state index >= 15 is 0 Å². The molecule has 1 amide bonds. The molecule has 0 spiro atoms. The summed E-state index contributed by atoms with van der Waals surface area (Å²) in [4.78, 5) is 23.8. The van der Waals surface area contributed by atoms with Crippen LogP contribution in [0.3, 0.4) is 0 Å². The van der Waals surface area contributed by atoms with Crippen LogP contribution in [-0.2, 0) is 4.79 Å². The average molecular weight is 351 g/mol. The summed E-state index contributed by atoms with van der Waals surface area (Å²) < 4.78 is 0. The highest BCUT2D eigenvalue weighted by molar-refractivity contribution is 7.13. The van der Waals surface area contributed by atoms with E-state index in [0.717, 1.165) is 50.8 Å². The molecule has 1 aromatic rings. The number of thiazole rings is 1. The first-order chi connectivity index (χ1) is 11.6. The van der Waals surface area contributed by atoms with Crippen LogP contribution in [0.1, 0.15) is 39.5 Å². The van der Waals surface area contributed by atoms with Crippen molar-refractivity contribution in [2.24, 2.45) is 5.92 Å². The molecule has 0 aliphatic carbocycles. The molecule has 3 heterocycles. The van der Waals surface area contributed by atoms with Gasteiger partial charge in [0, 0.05) is 63.3 Å². The van der Waals surface area contributed by atoms with Gasteiger partial charge in [-0.2, -0.15) is 0 Å². The lowest BCUT2D eigenvalue weighted by Crippen LogP contribution is -2.54. The number of hydrogen-bond acceptors (Lipinski definition) is 5. The van der Waals surface area contributed by atoms with E-state index in [1.165, 1.54) is 12.8 Å². The predicted octanol–water partition coefficient (Wildman–Crippen LogP) is 2.69. The number of rotatable bonds is 5. The number of nitrogens with zero attached hydrogens (tertiary/aromatic N) is 4. The summed E-state index contributed by atoms with van der Waals surface area (Å²) in [5, 5.41) is 3.21. The summed E-state index contributed by atoms with van der Waals surface area (Å²) in [5.41, 5.74) is 0. The molecule has 0 unspecified atom stereocenters. The Bertz CT molecular complexity index is 503. The van der Waals surface area contributed by atoms with Gasteiger partial charge in [-0.1, -0.05) is 13.8 Å². The van der Waals surface area contributed by atoms with Crippen molar-refractivity contribution >= 4 is 22.4 Å². The molecule has 1 aromatic heterocycles. The molecule has 134 valence electrons. The summed E-state index contributed by atoms with van der Waals surface area (Å²) in [6, 6.07) is 0.675. The molecule has 2 aliphatic heterocycles. The van der Waals surface area contributed by atoms with Crippen LogP contribution in [0, 0.1) is 5.92 Å². The minimum atomic E-state index is 0.349. The Hall–Kier alpha value is -1.14. The summed E-state index contributed by atoms with van der Waals surface area (Å²) in [7, 11) is 0. The van der Waals surface area contributed by atoms with Gasteiger partial charge in [-0.15, -0.1) is 11.3 Å². The largest absolute Gasteiger partial charge is 0.348 e. The summed E-state index contributed by atoms with van der Waals surface area (Å²) in [6.07, 6.45) is 6.03. The third-order valence-corrected chi connectivity index (χ3v) is 6.11. The summed E-state index contributed by atoms with van der Waals surface area (Å²) >= 11 is 1.73. The lowest BCUT2D eigenvalue weighted by Gasteiger charge is -2.42. The molecule has 2 saturated heterocycles. The molecular formula is C18H30N4OS. The molecule has 0 atom stereocenters. The first-order valence-corrected chi connectivity index (χ1v) is 10.2. The predicted molar refractivity (Wildman–Crippen MR) is 99.6 cm³/mol. The molecule has 0 aromatic carbocycles. The van der Waals surface area contributed by atoms with E-state index in [2.05, 4.69) is 38.9 Å². The highest BCUT2D eigenvalue weighted by atomic mass is 32.1. The van der Waals surface area contributed by atoms with Gasteiger partial charge in [-0.3, -0.25) is 9.69 Å². The fourth-order valence-corrected chi connectivity index (χ4v) is 4.40. The Balaban J connectivity index is 1.40. The Morgan fingerprint density at radius 2 is 1.92 bits per heavy atom. The molecule has 0 saturated carbocycles. The van der Waals surface area contributed by atoms with Crippen LogP contribution in [0.25, 0.3) is 0 Å². The zero-order valence-electron chi connectivity index (χ0n) is 15.0. The second-order valence-corrected chi connectivity index (χ2v) is 8.26. The van der Waals surface area contributed by atoms with Crippen molar-refractivity contribution in [3.05, 3.63) is 11.6 Å². The van der Waals surface area contributed by atoms with Gasteiger partial charge in [0.1, 0.15) is 0 Å². The minimum Gasteiger partial charge on any atom is -0.348 e. The first kappa shape index (κ1) is 17.7. The Labute approximate surface area is 149 Å². The standard InChI is InChI=1S/C18H30N4OS/c1-15(2)3-4-17(23)21-12-10-20(11-13-21)16-5-8-22(9-6-16)18-19-7-14-24-18/h7,14-16H,3-6,8-13H2,1-2H3. The van der Waals surface area contributed by atoms with Crippen LogP contribution in [0.2, 0.25) is 0 Å². The van der Waals surface area contributed by atoms with Crippen molar-refractivity contribution < 1.29 is 4.79 Å². The van der Waals surface area contributed by atoms with Gasteiger partial charge in [0.2, 0.25) is 5.91 Å². The molecule has 2 aliphatic rings. The molecule has 0 bridgehead atoms. The number of amides is 1. The maximum atomic E-state index is 12.3. The van der Waals surface area contributed by atoms with E-state index in [0.29, 0.717) is 24.3 Å². The fraction of sp³-hybridized carbons (Fsp3) is 0.778. The highest BCUT2D eigenvalue weighted by Crippen LogP contribution is 2.24. The number of hydrogen-bond donors (Lipinski definition) is 0. The van der Waals surface area contributed by atoms with Crippen LogP contribution < -0.4 is 4.90 Å². The van der Waals surface area contributed by atoms with Gasteiger partial charge in [-0.05, 0) is 25.2 Å². The van der Waals surface area contributed by atoms with Gasteiger partial charge in [0.15, 0.2) is 5.13 Å². The second-order valence-electron chi connectivity index (χ2n) is 7.38. The lowest BCUT2D eigenvalue weighted by atomic mass is 10.0. The van der Waals surface area contributed by atoms with E-state index in [1.807, 2.05) is 6.20 Å². The first-order valence-electron chi connectivity index (χ1n) is 9.29. The Morgan fingerprint density at radius 1 is 1.21 bits per heavy atom. The van der Waals surface area contributed by atoms with E-state index in [9.17, 15) is 4.79 Å². The molecule has 24 heavy (non-hydrogen) atoms. The Morgan fingerprint density at radius 3 is 2.50 bits per heavy atom. The van der Waals surface area contributed by atoms with Gasteiger partial charge in [-0.25, -0.2) is 4.98 Å². The van der Waals surface area contributed by atoms with E-state index in [1.54, 1.807) is 11.3 Å². The van der Waals surface area contributed by atoms with Gasteiger partial charge >= 0.3 is 0 Å².